The van der Waals surface area contributed by atoms with Crippen LogP contribution in [0.1, 0.15) is 0 Å². The molecule has 0 fully saturated rings. The van der Waals surface area contributed by atoms with Gasteiger partial charge in [0.05, 0.1) is 10.9 Å². The van der Waals surface area contributed by atoms with E-state index >= 15 is 0 Å². The lowest BCUT2D eigenvalue weighted by atomic mass is 10.2. The first-order valence-corrected chi connectivity index (χ1v) is 8.41. The van der Waals surface area contributed by atoms with Crippen molar-refractivity contribution in [2.24, 2.45) is 0 Å². The summed E-state index contributed by atoms with van der Waals surface area (Å²) in [5, 5.41) is 1.68. The van der Waals surface area contributed by atoms with Gasteiger partial charge in [-0.1, -0.05) is 11.6 Å². The second-order valence-electron chi connectivity index (χ2n) is 5.19. The van der Waals surface area contributed by atoms with Gasteiger partial charge in [-0.3, -0.25) is 4.98 Å². The van der Waals surface area contributed by atoms with Gasteiger partial charge in [0.1, 0.15) is 11.6 Å². The fraction of sp³-hybridized carbons (Fsp3) is 0. The zero-order valence-electron chi connectivity index (χ0n) is 12.4. The van der Waals surface area contributed by atoms with E-state index in [2.05, 4.69) is 16.0 Å². The van der Waals surface area contributed by atoms with E-state index < -0.39 is 0 Å². The van der Waals surface area contributed by atoms with Crippen molar-refractivity contribution >= 4 is 38.8 Å². The minimum absolute atomic E-state index is 0.508. The summed E-state index contributed by atoms with van der Waals surface area (Å²) in [6.07, 6.45) is 5.32. The van der Waals surface area contributed by atoms with E-state index in [1.165, 1.54) is 0 Å². The number of ether oxygens (including phenoxy) is 1. The van der Waals surface area contributed by atoms with Crippen molar-refractivity contribution in [3.63, 3.8) is 0 Å². The van der Waals surface area contributed by atoms with Crippen LogP contribution in [0.4, 0.5) is 5.82 Å². The smallest absolute Gasteiger partial charge is 0.154 e. The second-order valence-corrected chi connectivity index (χ2v) is 6.71. The summed E-state index contributed by atoms with van der Waals surface area (Å²) in [7, 11) is 0. The lowest BCUT2D eigenvalue weighted by Gasteiger charge is -2.06. The number of anilines is 1. The third-order valence-electron chi connectivity index (χ3n) is 3.52. The SMILES string of the molecule is Nc1ccc(-c2cc3c(Oc4ccc(Cl)cc4)cncc3s2)cn1. The van der Waals surface area contributed by atoms with Gasteiger partial charge >= 0.3 is 0 Å². The van der Waals surface area contributed by atoms with Crippen LogP contribution in [-0.2, 0) is 0 Å². The molecule has 0 aliphatic carbocycles. The first-order valence-electron chi connectivity index (χ1n) is 7.22. The zero-order valence-corrected chi connectivity index (χ0v) is 14.0. The minimum atomic E-state index is 0.508. The van der Waals surface area contributed by atoms with Crippen LogP contribution < -0.4 is 10.5 Å². The van der Waals surface area contributed by atoms with Crippen LogP contribution in [0.25, 0.3) is 20.5 Å². The van der Waals surface area contributed by atoms with Gasteiger partial charge in [-0.15, -0.1) is 11.3 Å². The van der Waals surface area contributed by atoms with Gasteiger partial charge in [0.25, 0.3) is 0 Å². The van der Waals surface area contributed by atoms with Crippen molar-refractivity contribution in [1.29, 1.82) is 0 Å². The molecule has 3 heterocycles. The molecule has 24 heavy (non-hydrogen) atoms. The number of fused-ring (bicyclic) bond motifs is 1. The summed E-state index contributed by atoms with van der Waals surface area (Å²) < 4.78 is 7.01. The molecule has 3 aromatic heterocycles. The van der Waals surface area contributed by atoms with Gasteiger partial charge in [-0.05, 0) is 42.5 Å². The molecule has 0 spiro atoms. The molecule has 0 radical (unpaired) electrons. The fourth-order valence-corrected chi connectivity index (χ4v) is 3.50. The highest BCUT2D eigenvalue weighted by Crippen LogP contribution is 2.38. The van der Waals surface area contributed by atoms with E-state index in [-0.39, 0.29) is 0 Å². The largest absolute Gasteiger partial charge is 0.455 e. The Hall–Kier alpha value is -2.63. The second kappa shape index (κ2) is 6.11. The average molecular weight is 354 g/mol. The number of nitrogens with two attached hydrogens (primary N) is 1. The van der Waals surface area contributed by atoms with Crippen molar-refractivity contribution in [3.05, 3.63) is 66.1 Å². The van der Waals surface area contributed by atoms with Crippen molar-refractivity contribution in [3.8, 4) is 21.9 Å². The third kappa shape index (κ3) is 2.91. The standard InChI is InChI=1S/C18H12ClN3OS/c19-12-2-4-13(5-3-12)23-15-9-21-10-17-14(15)7-16(24-17)11-1-6-18(20)22-8-11/h1-10H,(H2,20,22). The van der Waals surface area contributed by atoms with E-state index in [0.29, 0.717) is 16.6 Å². The molecule has 4 rings (SSSR count). The quantitative estimate of drug-likeness (QED) is 0.536. The maximum Gasteiger partial charge on any atom is 0.154 e. The van der Waals surface area contributed by atoms with Gasteiger partial charge in [0.2, 0.25) is 0 Å². The Morgan fingerprint density at radius 2 is 1.83 bits per heavy atom. The molecule has 0 aliphatic heterocycles. The normalized spacial score (nSPS) is 10.9. The van der Waals surface area contributed by atoms with Crippen LogP contribution in [0.5, 0.6) is 11.5 Å². The van der Waals surface area contributed by atoms with E-state index in [0.717, 1.165) is 26.3 Å². The molecule has 0 bridgehead atoms. The van der Waals surface area contributed by atoms with Crippen molar-refractivity contribution < 1.29 is 4.74 Å². The van der Waals surface area contributed by atoms with Crippen molar-refractivity contribution in [1.82, 2.24) is 9.97 Å². The van der Waals surface area contributed by atoms with Gasteiger partial charge in [-0.2, -0.15) is 0 Å². The molecule has 0 aliphatic rings. The summed E-state index contributed by atoms with van der Waals surface area (Å²) in [5.74, 6) is 1.93. The molecule has 0 saturated carbocycles. The Kier molecular flexibility index (Phi) is 3.80. The monoisotopic (exact) mass is 353 g/mol. The number of nitrogens with zero attached hydrogens (tertiary/aromatic N) is 2. The summed E-state index contributed by atoms with van der Waals surface area (Å²) in [5.41, 5.74) is 6.67. The van der Waals surface area contributed by atoms with Gasteiger partial charge in [0, 0.05) is 33.2 Å². The lowest BCUT2D eigenvalue weighted by Crippen LogP contribution is -1.87. The lowest BCUT2D eigenvalue weighted by molar-refractivity contribution is 0.486. The highest BCUT2D eigenvalue weighted by Gasteiger charge is 2.10. The average Bonchev–Trinajstić information content (AvgIpc) is 3.03. The molecular formula is C18H12ClN3OS. The highest BCUT2D eigenvalue weighted by atomic mass is 35.5. The molecular weight excluding hydrogens is 342 g/mol. The van der Waals surface area contributed by atoms with E-state index in [9.17, 15) is 0 Å². The molecule has 1 aromatic carbocycles. The molecule has 6 heteroatoms. The number of nitrogen functional groups attached to an aromatic ring is 1. The van der Waals surface area contributed by atoms with Gasteiger partial charge < -0.3 is 10.5 Å². The summed E-state index contributed by atoms with van der Waals surface area (Å²) >= 11 is 7.55. The topological polar surface area (TPSA) is 61.0 Å². The summed E-state index contributed by atoms with van der Waals surface area (Å²) in [4.78, 5) is 9.51. The number of benzene rings is 1. The van der Waals surface area contributed by atoms with Crippen LogP contribution >= 0.6 is 22.9 Å². The van der Waals surface area contributed by atoms with Crippen LogP contribution in [-0.4, -0.2) is 9.97 Å². The fourth-order valence-electron chi connectivity index (χ4n) is 2.34. The number of hydrogen-bond acceptors (Lipinski definition) is 5. The van der Waals surface area contributed by atoms with Crippen LogP contribution in [0, 0.1) is 0 Å². The summed E-state index contributed by atoms with van der Waals surface area (Å²) in [6, 6.07) is 13.1. The highest BCUT2D eigenvalue weighted by molar-refractivity contribution is 7.22. The van der Waals surface area contributed by atoms with Gasteiger partial charge in [-0.25, -0.2) is 4.98 Å². The number of thiophene rings is 1. The first kappa shape index (κ1) is 14.9. The molecule has 0 amide bonds. The van der Waals surface area contributed by atoms with Crippen LogP contribution in [0.15, 0.2) is 61.1 Å². The molecule has 0 unspecified atom stereocenters. The molecule has 0 atom stereocenters. The number of hydrogen-bond donors (Lipinski definition) is 1. The molecule has 118 valence electrons. The molecule has 0 saturated heterocycles. The Morgan fingerprint density at radius 3 is 2.58 bits per heavy atom. The van der Waals surface area contributed by atoms with E-state index in [1.807, 2.05) is 24.4 Å². The predicted molar refractivity (Wildman–Crippen MR) is 98.8 cm³/mol. The van der Waals surface area contributed by atoms with Crippen molar-refractivity contribution in [2.75, 3.05) is 5.73 Å². The minimum Gasteiger partial charge on any atom is -0.455 e. The Morgan fingerprint density at radius 1 is 1.00 bits per heavy atom. The Bertz CT molecular complexity index is 997. The third-order valence-corrected chi connectivity index (χ3v) is 4.89. The van der Waals surface area contributed by atoms with Gasteiger partial charge in [0.15, 0.2) is 5.75 Å². The predicted octanol–water partition coefficient (Wildman–Crippen LogP) is 5.39. The maximum atomic E-state index is 5.96. The van der Waals surface area contributed by atoms with Crippen molar-refractivity contribution in [2.45, 2.75) is 0 Å². The summed E-state index contributed by atoms with van der Waals surface area (Å²) in [6.45, 7) is 0. The number of halogens is 1. The van der Waals surface area contributed by atoms with Crippen LogP contribution in [0.3, 0.4) is 0 Å². The molecule has 2 N–H and O–H groups in total. The zero-order chi connectivity index (χ0) is 16.5. The first-order chi connectivity index (χ1) is 11.7. The molecule has 4 nitrogen and oxygen atoms in total. The maximum absolute atomic E-state index is 5.96. The Labute approximate surface area is 147 Å². The number of pyridine rings is 2. The number of rotatable bonds is 3. The van der Waals surface area contributed by atoms with E-state index in [4.69, 9.17) is 22.1 Å². The van der Waals surface area contributed by atoms with Crippen LogP contribution in [0.2, 0.25) is 5.02 Å². The number of aromatic nitrogens is 2. The van der Waals surface area contributed by atoms with E-state index in [1.54, 1.807) is 41.9 Å². The Balaban J connectivity index is 1.74. The molecule has 4 aromatic rings.